The summed E-state index contributed by atoms with van der Waals surface area (Å²) in [5.74, 6) is 0.244. The van der Waals surface area contributed by atoms with Crippen molar-refractivity contribution >= 4 is 0 Å². The number of hydrogen-bond donors (Lipinski definition) is 0. The van der Waals surface area contributed by atoms with E-state index in [0.717, 1.165) is 25.7 Å². The van der Waals surface area contributed by atoms with Gasteiger partial charge in [0.05, 0.1) is 20.0 Å². The maximum atomic E-state index is 7.63. The summed E-state index contributed by atoms with van der Waals surface area (Å²) < 4.78 is 47.0. The van der Waals surface area contributed by atoms with Crippen LogP contribution in [-0.2, 0) is 9.47 Å². The fourth-order valence-electron chi connectivity index (χ4n) is 1.19. The highest BCUT2D eigenvalue weighted by molar-refractivity contribution is 4.67. The minimum absolute atomic E-state index is 0.198. The summed E-state index contributed by atoms with van der Waals surface area (Å²) in [6, 6.07) is 0. The van der Waals surface area contributed by atoms with Gasteiger partial charge in [0.25, 0.3) is 0 Å². The molecule has 0 aromatic heterocycles. The predicted octanol–water partition coefficient (Wildman–Crippen LogP) is 2.62. The van der Waals surface area contributed by atoms with Crippen LogP contribution in [0.1, 0.15) is 46.4 Å². The number of hydrogen-bond acceptors (Lipinski definition) is 2. The van der Waals surface area contributed by atoms with Crippen molar-refractivity contribution in [2.45, 2.75) is 45.6 Å². The lowest BCUT2D eigenvalue weighted by atomic mass is 10.0. The van der Waals surface area contributed by atoms with Crippen molar-refractivity contribution in [3.63, 3.8) is 0 Å². The minimum atomic E-state index is -2.42. The van der Waals surface area contributed by atoms with Crippen LogP contribution in [0.15, 0.2) is 0 Å². The molecule has 0 amide bonds. The topological polar surface area (TPSA) is 21.8 Å². The van der Waals surface area contributed by atoms with E-state index < -0.39 is 19.2 Å². The molecule has 1 aliphatic rings. The molecule has 0 aromatic carbocycles. The van der Waals surface area contributed by atoms with Gasteiger partial charge < -0.3 is 9.47 Å². The summed E-state index contributed by atoms with van der Waals surface area (Å²) in [5, 5.41) is 0. The van der Waals surface area contributed by atoms with Gasteiger partial charge in [-0.05, 0) is 12.3 Å². The standard InChI is InChI=1S/C11H22O2/c1-3-5-6-10(4-2)7-12-8-11-9-13-11/h10-11H,3-9H2,1-2H3/i8D2,9D2,11D. The molecule has 1 fully saturated rings. The van der Waals surface area contributed by atoms with Crippen molar-refractivity contribution < 1.29 is 16.3 Å². The highest BCUT2D eigenvalue weighted by Gasteiger charge is 2.22. The van der Waals surface area contributed by atoms with Crippen LogP contribution in [0.4, 0.5) is 0 Å². The Morgan fingerprint density at radius 3 is 3.08 bits per heavy atom. The smallest absolute Gasteiger partial charge is 0.104 e. The summed E-state index contributed by atoms with van der Waals surface area (Å²) in [6.07, 6.45) is 1.76. The van der Waals surface area contributed by atoms with Gasteiger partial charge in [-0.25, -0.2) is 0 Å². The SMILES string of the molecule is [2H]C([2H])(OCC(CC)CCCC)C1([2H])OC1([2H])[2H]. The Kier molecular flexibility index (Phi) is 2.81. The molecule has 78 valence electrons. The predicted molar refractivity (Wildman–Crippen MR) is 53.9 cm³/mol. The van der Waals surface area contributed by atoms with Crippen LogP contribution in [0.5, 0.6) is 0 Å². The molecule has 1 saturated heterocycles. The molecule has 0 radical (unpaired) electrons. The van der Waals surface area contributed by atoms with Crippen LogP contribution in [0.2, 0.25) is 0 Å². The maximum Gasteiger partial charge on any atom is 0.104 e. The van der Waals surface area contributed by atoms with Crippen molar-refractivity contribution in [2.75, 3.05) is 19.7 Å². The molecule has 0 aliphatic carbocycles. The highest BCUT2D eigenvalue weighted by atomic mass is 16.6. The van der Waals surface area contributed by atoms with E-state index >= 15 is 0 Å². The van der Waals surface area contributed by atoms with Crippen LogP contribution in [0.25, 0.3) is 0 Å². The maximum absolute atomic E-state index is 7.63. The molecule has 13 heavy (non-hydrogen) atoms. The monoisotopic (exact) mass is 191 g/mol. The van der Waals surface area contributed by atoms with Crippen LogP contribution < -0.4 is 0 Å². The largest absolute Gasteiger partial charge is 0.378 e. The second kappa shape index (κ2) is 6.39. The quantitative estimate of drug-likeness (QED) is 0.550. The summed E-state index contributed by atoms with van der Waals surface area (Å²) in [7, 11) is 0. The van der Waals surface area contributed by atoms with E-state index in [1.807, 2.05) is 6.92 Å². The first-order valence-electron chi connectivity index (χ1n) is 7.54. The van der Waals surface area contributed by atoms with E-state index in [-0.39, 0.29) is 12.5 Å². The first-order valence-corrected chi connectivity index (χ1v) is 5.04. The Hall–Kier alpha value is -0.0800. The Labute approximate surface area is 88.6 Å². The Balaban J connectivity index is 2.46. The number of unbranched alkanes of at least 4 members (excludes halogenated alkanes) is 1. The number of epoxide rings is 1. The molecule has 2 unspecified atom stereocenters. The summed E-state index contributed by atoms with van der Waals surface area (Å²) in [5.41, 5.74) is 0. The van der Waals surface area contributed by atoms with Gasteiger partial charge in [0, 0.05) is 6.61 Å². The van der Waals surface area contributed by atoms with Gasteiger partial charge >= 0.3 is 0 Å². The van der Waals surface area contributed by atoms with Gasteiger partial charge in [0.1, 0.15) is 6.08 Å². The normalized spacial score (nSPS) is 39.4. The van der Waals surface area contributed by atoms with E-state index in [2.05, 4.69) is 11.7 Å². The molecule has 0 N–H and O–H groups in total. The van der Waals surface area contributed by atoms with Crippen molar-refractivity contribution in [1.82, 2.24) is 0 Å². The van der Waals surface area contributed by atoms with Gasteiger partial charge in [-0.1, -0.05) is 33.1 Å². The van der Waals surface area contributed by atoms with E-state index in [1.165, 1.54) is 0 Å². The second-order valence-electron chi connectivity index (χ2n) is 3.36. The Morgan fingerprint density at radius 2 is 2.54 bits per heavy atom. The zero-order valence-electron chi connectivity index (χ0n) is 13.4. The Bertz CT molecular complexity index is 285. The average Bonchev–Trinajstić information content (AvgIpc) is 2.80. The van der Waals surface area contributed by atoms with Crippen LogP contribution in [0.3, 0.4) is 0 Å². The minimum Gasteiger partial charge on any atom is -0.378 e. The van der Waals surface area contributed by atoms with Crippen LogP contribution >= 0.6 is 0 Å². The van der Waals surface area contributed by atoms with Crippen LogP contribution in [0, 0.1) is 5.92 Å². The van der Waals surface area contributed by atoms with Crippen molar-refractivity contribution in [1.29, 1.82) is 0 Å². The molecule has 1 aliphatic heterocycles. The molecule has 0 bridgehead atoms. The van der Waals surface area contributed by atoms with Gasteiger partial charge in [0.2, 0.25) is 0 Å². The van der Waals surface area contributed by atoms with Crippen molar-refractivity contribution in [2.24, 2.45) is 5.92 Å². The number of ether oxygens (including phenoxy) is 2. The third-order valence-corrected chi connectivity index (χ3v) is 2.23. The summed E-state index contributed by atoms with van der Waals surface area (Å²) in [6.45, 7) is -0.373. The zero-order valence-corrected chi connectivity index (χ0v) is 8.43. The highest BCUT2D eigenvalue weighted by Crippen LogP contribution is 2.14. The van der Waals surface area contributed by atoms with E-state index in [4.69, 9.17) is 11.6 Å². The van der Waals surface area contributed by atoms with Gasteiger partial charge in [-0.15, -0.1) is 0 Å². The third kappa shape index (κ3) is 5.27. The summed E-state index contributed by atoms with van der Waals surface area (Å²) >= 11 is 0. The molecule has 2 nitrogen and oxygen atoms in total. The molecule has 2 heteroatoms. The van der Waals surface area contributed by atoms with E-state index in [9.17, 15) is 0 Å². The van der Waals surface area contributed by atoms with E-state index in [1.54, 1.807) is 0 Å². The van der Waals surface area contributed by atoms with Crippen molar-refractivity contribution in [3.05, 3.63) is 0 Å². The fraction of sp³-hybridized carbons (Fsp3) is 1.00. The first-order chi connectivity index (χ1) is 8.20. The van der Waals surface area contributed by atoms with Gasteiger partial charge in [0.15, 0.2) is 0 Å². The second-order valence-corrected chi connectivity index (χ2v) is 3.36. The van der Waals surface area contributed by atoms with E-state index in [0.29, 0.717) is 0 Å². The molecule has 2 atom stereocenters. The molecule has 0 saturated carbocycles. The lowest BCUT2D eigenvalue weighted by Gasteiger charge is -2.13. The zero-order chi connectivity index (χ0) is 14.0. The molecule has 1 rings (SSSR count). The van der Waals surface area contributed by atoms with Crippen LogP contribution in [-0.4, -0.2) is 25.8 Å². The molecular formula is C11H22O2. The van der Waals surface area contributed by atoms with Crippen molar-refractivity contribution in [3.8, 4) is 0 Å². The average molecular weight is 191 g/mol. The molecular weight excluding hydrogens is 164 g/mol. The molecule has 0 aromatic rings. The summed E-state index contributed by atoms with van der Waals surface area (Å²) in [4.78, 5) is 0. The Morgan fingerprint density at radius 1 is 1.77 bits per heavy atom. The molecule has 1 heterocycles. The first kappa shape index (κ1) is 5.72. The van der Waals surface area contributed by atoms with Gasteiger partial charge in [-0.2, -0.15) is 0 Å². The fourth-order valence-corrected chi connectivity index (χ4v) is 1.19. The van der Waals surface area contributed by atoms with Gasteiger partial charge in [-0.3, -0.25) is 0 Å². The third-order valence-electron chi connectivity index (χ3n) is 2.23. The lowest BCUT2D eigenvalue weighted by Crippen LogP contribution is -2.11. The number of rotatable bonds is 8. The lowest BCUT2D eigenvalue weighted by molar-refractivity contribution is 0.0813. The molecule has 0 spiro atoms.